The Morgan fingerprint density at radius 2 is 1.76 bits per heavy atom. The number of aromatic nitrogens is 1. The summed E-state index contributed by atoms with van der Waals surface area (Å²) in [7, 11) is 0. The van der Waals surface area contributed by atoms with Crippen LogP contribution in [0.5, 0.6) is 0 Å². The van der Waals surface area contributed by atoms with Crippen LogP contribution < -0.4 is 10.9 Å². The predicted octanol–water partition coefficient (Wildman–Crippen LogP) is 3.61. The van der Waals surface area contributed by atoms with Crippen LogP contribution in [-0.2, 0) is 11.2 Å². The van der Waals surface area contributed by atoms with E-state index in [-0.39, 0.29) is 11.8 Å². The van der Waals surface area contributed by atoms with Crippen LogP contribution in [0.25, 0.3) is 10.9 Å². The first-order valence-corrected chi connectivity index (χ1v) is 8.41. The van der Waals surface area contributed by atoms with Crippen LogP contribution >= 0.6 is 11.6 Å². The van der Waals surface area contributed by atoms with Gasteiger partial charge in [-0.1, -0.05) is 29.8 Å². The molecule has 0 unspecified atom stereocenters. The zero-order valence-electron chi connectivity index (χ0n) is 13.5. The highest BCUT2D eigenvalue weighted by atomic mass is 35.5. The number of benzene rings is 2. The molecule has 0 saturated carbocycles. The minimum absolute atomic E-state index is 0.220. The second-order valence-corrected chi connectivity index (χ2v) is 6.16. The van der Waals surface area contributed by atoms with Crippen molar-refractivity contribution in [2.75, 3.05) is 0 Å². The van der Waals surface area contributed by atoms with Gasteiger partial charge in [0.25, 0.3) is 5.91 Å². The predicted molar refractivity (Wildman–Crippen MR) is 98.3 cm³/mol. The van der Waals surface area contributed by atoms with Gasteiger partial charge in [0.15, 0.2) is 0 Å². The van der Waals surface area contributed by atoms with Gasteiger partial charge >= 0.3 is 0 Å². The van der Waals surface area contributed by atoms with Gasteiger partial charge in [-0.25, -0.2) is 0 Å². The van der Waals surface area contributed by atoms with Gasteiger partial charge in [-0.3, -0.25) is 20.4 Å². The number of carbonyl (C=O) groups excluding carboxylic acids is 2. The summed E-state index contributed by atoms with van der Waals surface area (Å²) in [5, 5.41) is 1.73. The van der Waals surface area contributed by atoms with E-state index in [1.807, 2.05) is 24.4 Å². The summed E-state index contributed by atoms with van der Waals surface area (Å²) in [6.45, 7) is 0. The third-order valence-electron chi connectivity index (χ3n) is 3.95. The van der Waals surface area contributed by atoms with Crippen LogP contribution in [0.2, 0.25) is 5.02 Å². The van der Waals surface area contributed by atoms with Gasteiger partial charge in [-0.15, -0.1) is 0 Å². The number of H-pyrrole nitrogens is 1. The van der Waals surface area contributed by atoms with Crippen molar-refractivity contribution in [3.05, 3.63) is 70.9 Å². The molecule has 0 bridgehead atoms. The minimum atomic E-state index is -0.373. The van der Waals surface area contributed by atoms with E-state index in [4.69, 9.17) is 11.6 Å². The average Bonchev–Trinajstić information content (AvgIpc) is 3.04. The van der Waals surface area contributed by atoms with E-state index in [1.165, 1.54) is 10.9 Å². The van der Waals surface area contributed by atoms with Crippen molar-refractivity contribution >= 4 is 34.3 Å². The summed E-state index contributed by atoms with van der Waals surface area (Å²) in [6.07, 6.45) is 3.80. The molecular weight excluding hydrogens is 338 g/mol. The number of rotatable bonds is 5. The number of aromatic amines is 1. The Bertz CT molecular complexity index is 887. The SMILES string of the molecule is O=C(CCCc1c[nH]c2ccccc12)NNC(=O)c1ccc(Cl)cc1. The van der Waals surface area contributed by atoms with Crippen molar-refractivity contribution in [3.8, 4) is 0 Å². The van der Waals surface area contributed by atoms with Gasteiger partial charge in [0.2, 0.25) is 5.91 Å². The number of aryl methyl sites for hydroxylation is 1. The van der Waals surface area contributed by atoms with E-state index in [2.05, 4.69) is 21.9 Å². The molecule has 0 aliphatic carbocycles. The van der Waals surface area contributed by atoms with Gasteiger partial charge in [0.1, 0.15) is 0 Å². The lowest BCUT2D eigenvalue weighted by molar-refractivity contribution is -0.121. The summed E-state index contributed by atoms with van der Waals surface area (Å²) in [4.78, 5) is 27.0. The second-order valence-electron chi connectivity index (χ2n) is 5.72. The van der Waals surface area contributed by atoms with E-state index in [1.54, 1.807) is 24.3 Å². The molecule has 3 N–H and O–H groups in total. The molecule has 2 amide bonds. The maximum Gasteiger partial charge on any atom is 0.269 e. The summed E-state index contributed by atoms with van der Waals surface area (Å²) < 4.78 is 0. The number of nitrogens with one attached hydrogen (secondary N) is 3. The largest absolute Gasteiger partial charge is 0.361 e. The van der Waals surface area contributed by atoms with Crippen LogP contribution in [-0.4, -0.2) is 16.8 Å². The third-order valence-corrected chi connectivity index (χ3v) is 4.20. The van der Waals surface area contributed by atoms with Gasteiger partial charge in [0, 0.05) is 34.1 Å². The molecule has 0 aliphatic rings. The molecule has 0 aliphatic heterocycles. The molecule has 0 saturated heterocycles. The lowest BCUT2D eigenvalue weighted by Gasteiger charge is -2.07. The number of para-hydroxylation sites is 1. The molecule has 25 heavy (non-hydrogen) atoms. The summed E-state index contributed by atoms with van der Waals surface area (Å²) in [5.74, 6) is -0.594. The highest BCUT2D eigenvalue weighted by Crippen LogP contribution is 2.19. The molecule has 2 aromatic carbocycles. The third kappa shape index (κ3) is 4.39. The van der Waals surface area contributed by atoms with Crippen molar-refractivity contribution in [2.24, 2.45) is 0 Å². The number of hydrogen-bond acceptors (Lipinski definition) is 2. The lowest BCUT2D eigenvalue weighted by Crippen LogP contribution is -2.41. The van der Waals surface area contributed by atoms with Gasteiger partial charge in [-0.05, 0) is 48.7 Å². The maximum absolute atomic E-state index is 11.9. The molecule has 128 valence electrons. The number of halogens is 1. The van der Waals surface area contributed by atoms with Crippen molar-refractivity contribution in [1.29, 1.82) is 0 Å². The Hall–Kier alpha value is -2.79. The molecule has 3 rings (SSSR count). The zero-order chi connectivity index (χ0) is 17.6. The molecule has 5 nitrogen and oxygen atoms in total. The summed E-state index contributed by atoms with van der Waals surface area (Å²) >= 11 is 5.78. The normalized spacial score (nSPS) is 10.6. The first-order chi connectivity index (χ1) is 12.1. The van der Waals surface area contributed by atoms with E-state index in [9.17, 15) is 9.59 Å². The fourth-order valence-electron chi connectivity index (χ4n) is 2.64. The zero-order valence-corrected chi connectivity index (χ0v) is 14.3. The quantitative estimate of drug-likeness (QED) is 0.612. The Morgan fingerprint density at radius 3 is 2.56 bits per heavy atom. The van der Waals surface area contributed by atoms with Gasteiger partial charge < -0.3 is 4.98 Å². The first kappa shape index (κ1) is 17.0. The Labute approximate surface area is 150 Å². The highest BCUT2D eigenvalue weighted by molar-refractivity contribution is 6.30. The molecule has 0 fully saturated rings. The number of hydrogen-bond donors (Lipinski definition) is 3. The second kappa shape index (κ2) is 7.85. The van der Waals surface area contributed by atoms with Crippen molar-refractivity contribution in [1.82, 2.24) is 15.8 Å². The lowest BCUT2D eigenvalue weighted by atomic mass is 10.1. The monoisotopic (exact) mass is 355 g/mol. The van der Waals surface area contributed by atoms with E-state index < -0.39 is 0 Å². The first-order valence-electron chi connectivity index (χ1n) is 8.03. The standard InChI is InChI=1S/C19H18ClN3O2/c20-15-10-8-13(9-11-15)19(25)23-22-18(24)7-3-4-14-12-21-17-6-2-1-5-16(14)17/h1-2,5-6,8-12,21H,3-4,7H2,(H,22,24)(H,23,25). The maximum atomic E-state index is 11.9. The number of amides is 2. The fourth-order valence-corrected chi connectivity index (χ4v) is 2.77. The van der Waals surface area contributed by atoms with Crippen molar-refractivity contribution in [2.45, 2.75) is 19.3 Å². The van der Waals surface area contributed by atoms with Crippen LogP contribution in [0.3, 0.4) is 0 Å². The number of fused-ring (bicyclic) bond motifs is 1. The Morgan fingerprint density at radius 1 is 1.00 bits per heavy atom. The summed E-state index contributed by atoms with van der Waals surface area (Å²) in [5.41, 5.74) is 7.55. The fraction of sp³-hybridized carbons (Fsp3) is 0.158. The highest BCUT2D eigenvalue weighted by Gasteiger charge is 2.08. The van der Waals surface area contributed by atoms with Crippen molar-refractivity contribution in [3.63, 3.8) is 0 Å². The van der Waals surface area contributed by atoms with E-state index in [0.717, 1.165) is 11.9 Å². The van der Waals surface area contributed by atoms with Gasteiger partial charge in [-0.2, -0.15) is 0 Å². The Balaban J connectivity index is 1.44. The molecule has 0 spiro atoms. The Kier molecular flexibility index (Phi) is 5.36. The molecule has 1 aromatic heterocycles. The van der Waals surface area contributed by atoms with Crippen LogP contribution in [0.15, 0.2) is 54.7 Å². The molecule has 1 heterocycles. The van der Waals surface area contributed by atoms with Crippen LogP contribution in [0.1, 0.15) is 28.8 Å². The van der Waals surface area contributed by atoms with E-state index in [0.29, 0.717) is 23.4 Å². The molecule has 0 radical (unpaired) electrons. The molecule has 6 heteroatoms. The smallest absolute Gasteiger partial charge is 0.269 e. The van der Waals surface area contributed by atoms with Crippen LogP contribution in [0.4, 0.5) is 0 Å². The molecule has 3 aromatic rings. The van der Waals surface area contributed by atoms with Gasteiger partial charge in [0.05, 0.1) is 0 Å². The summed E-state index contributed by atoms with van der Waals surface area (Å²) in [6, 6.07) is 14.5. The average molecular weight is 356 g/mol. The number of hydrazine groups is 1. The van der Waals surface area contributed by atoms with E-state index >= 15 is 0 Å². The van der Waals surface area contributed by atoms with Crippen molar-refractivity contribution < 1.29 is 9.59 Å². The number of carbonyl (C=O) groups is 2. The topological polar surface area (TPSA) is 74.0 Å². The molecular formula is C19H18ClN3O2. The minimum Gasteiger partial charge on any atom is -0.361 e. The molecule has 0 atom stereocenters. The van der Waals surface area contributed by atoms with Crippen LogP contribution in [0, 0.1) is 0 Å².